The second-order valence-corrected chi connectivity index (χ2v) is 4.54. The minimum Gasteiger partial charge on any atom is -0.508 e. The van der Waals surface area contributed by atoms with E-state index >= 15 is 0 Å². The molecule has 2 aliphatic rings. The number of hydrogen-bond donors (Lipinski definition) is 1. The molecule has 1 aliphatic heterocycles. The van der Waals surface area contributed by atoms with E-state index < -0.39 is 0 Å². The van der Waals surface area contributed by atoms with Crippen molar-refractivity contribution in [2.75, 3.05) is 0 Å². The molecule has 0 unspecified atom stereocenters. The summed E-state index contributed by atoms with van der Waals surface area (Å²) in [4.78, 5) is 11.5. The highest BCUT2D eigenvalue weighted by atomic mass is 16.3. The Labute approximate surface area is 115 Å². The van der Waals surface area contributed by atoms with E-state index in [9.17, 15) is 9.90 Å². The van der Waals surface area contributed by atoms with E-state index in [1.54, 1.807) is 24.3 Å². The molecule has 0 radical (unpaired) electrons. The van der Waals surface area contributed by atoms with Gasteiger partial charge in [0.05, 0.1) is 0 Å². The molecule has 3 nitrogen and oxygen atoms in total. The van der Waals surface area contributed by atoms with Gasteiger partial charge in [-0.2, -0.15) is 0 Å². The maximum Gasteiger partial charge on any atom is 0.182 e. The molecule has 3 rings (SSSR count). The lowest BCUT2D eigenvalue weighted by Gasteiger charge is -2.14. The summed E-state index contributed by atoms with van der Waals surface area (Å²) in [5, 5.41) is 10.4. The van der Waals surface area contributed by atoms with Crippen LogP contribution in [0, 0.1) is 0 Å². The number of benzene rings is 2. The Bertz CT molecular complexity index is 871. The van der Waals surface area contributed by atoms with E-state index in [1.807, 2.05) is 0 Å². The standard InChI is InChI=1S/C17H12O3/c1-3-10(2)17-13-6-4-11(18)8-15(13)20-16-9-12(19)5-7-14(16)17/h3-9,18H,1-2H2. The first-order chi connectivity index (χ1) is 9.60. The lowest BCUT2D eigenvalue weighted by Crippen LogP contribution is -2.00. The second-order valence-electron chi connectivity index (χ2n) is 4.54. The number of phenols is 1. The molecule has 0 aromatic heterocycles. The van der Waals surface area contributed by atoms with Crippen LogP contribution in [-0.2, 0) is 0 Å². The lowest BCUT2D eigenvalue weighted by molar-refractivity contribution is 0.474. The van der Waals surface area contributed by atoms with Crippen LogP contribution in [0.15, 0.2) is 64.8 Å². The summed E-state index contributed by atoms with van der Waals surface area (Å²) in [5.74, 6) is 0.572. The smallest absolute Gasteiger partial charge is 0.182 e. The number of fused-ring (bicyclic) bond motifs is 2. The van der Waals surface area contributed by atoms with Crippen LogP contribution in [0.5, 0.6) is 5.75 Å². The van der Waals surface area contributed by atoms with E-state index in [-0.39, 0.29) is 11.2 Å². The van der Waals surface area contributed by atoms with Crippen molar-refractivity contribution in [1.29, 1.82) is 0 Å². The number of aromatic hydroxyl groups is 1. The average Bonchev–Trinajstić information content (AvgIpc) is 2.43. The summed E-state index contributed by atoms with van der Waals surface area (Å²) in [6, 6.07) is 9.51. The first-order valence-electron chi connectivity index (χ1n) is 6.11. The Morgan fingerprint density at radius 3 is 2.75 bits per heavy atom. The predicted molar refractivity (Wildman–Crippen MR) is 80.0 cm³/mol. The molecular formula is C17H12O3. The molecule has 1 heterocycles. The van der Waals surface area contributed by atoms with Gasteiger partial charge in [0.15, 0.2) is 5.43 Å². The predicted octanol–water partition coefficient (Wildman–Crippen LogP) is 3.80. The molecule has 20 heavy (non-hydrogen) atoms. The van der Waals surface area contributed by atoms with Gasteiger partial charge in [-0.3, -0.25) is 4.79 Å². The van der Waals surface area contributed by atoms with E-state index in [1.165, 1.54) is 18.2 Å². The molecular weight excluding hydrogens is 252 g/mol. The van der Waals surface area contributed by atoms with Crippen molar-refractivity contribution in [1.82, 2.24) is 0 Å². The fraction of sp³-hybridized carbons (Fsp3) is 0. The van der Waals surface area contributed by atoms with Crippen LogP contribution in [0.3, 0.4) is 0 Å². The highest BCUT2D eigenvalue weighted by molar-refractivity contribution is 5.99. The SMILES string of the molecule is C=CC(=C)c1c2ccc(=O)cc-2oc2cc(O)ccc12. The first-order valence-corrected chi connectivity index (χ1v) is 6.11. The van der Waals surface area contributed by atoms with Crippen LogP contribution in [0.1, 0.15) is 5.56 Å². The van der Waals surface area contributed by atoms with Crippen molar-refractivity contribution in [2.24, 2.45) is 0 Å². The van der Waals surface area contributed by atoms with Crippen LogP contribution in [0.4, 0.5) is 0 Å². The topological polar surface area (TPSA) is 50.4 Å². The van der Waals surface area contributed by atoms with E-state index in [4.69, 9.17) is 4.42 Å². The minimum absolute atomic E-state index is 0.106. The van der Waals surface area contributed by atoms with Crippen LogP contribution in [0.25, 0.3) is 27.9 Å². The normalized spacial score (nSPS) is 10.8. The van der Waals surface area contributed by atoms with Gasteiger partial charge in [-0.05, 0) is 29.8 Å². The molecule has 98 valence electrons. The van der Waals surface area contributed by atoms with Gasteiger partial charge in [-0.1, -0.05) is 19.2 Å². The molecule has 1 aliphatic carbocycles. The molecule has 0 spiro atoms. The van der Waals surface area contributed by atoms with Crippen LogP contribution in [-0.4, -0.2) is 5.11 Å². The molecule has 1 N–H and O–H groups in total. The van der Waals surface area contributed by atoms with Gasteiger partial charge in [0, 0.05) is 28.6 Å². The minimum atomic E-state index is -0.129. The molecule has 0 atom stereocenters. The number of allylic oxidation sites excluding steroid dienone is 2. The van der Waals surface area contributed by atoms with Gasteiger partial charge < -0.3 is 9.52 Å². The van der Waals surface area contributed by atoms with Crippen molar-refractivity contribution < 1.29 is 9.52 Å². The molecule has 3 heteroatoms. The third-order valence-electron chi connectivity index (χ3n) is 3.24. The maximum absolute atomic E-state index is 11.5. The molecule has 0 bridgehead atoms. The third-order valence-corrected chi connectivity index (χ3v) is 3.24. The summed E-state index contributed by atoms with van der Waals surface area (Å²) in [5.41, 5.74) is 2.76. The van der Waals surface area contributed by atoms with E-state index in [0.717, 1.165) is 22.1 Å². The summed E-state index contributed by atoms with van der Waals surface area (Å²) in [7, 11) is 0. The zero-order valence-electron chi connectivity index (χ0n) is 10.7. The van der Waals surface area contributed by atoms with Crippen molar-refractivity contribution in [3.63, 3.8) is 0 Å². The molecule has 1 aromatic carbocycles. The number of phenolic OH excluding ortho intramolecular Hbond substituents is 1. The summed E-state index contributed by atoms with van der Waals surface area (Å²) in [6.45, 7) is 7.73. The maximum atomic E-state index is 11.5. The summed E-state index contributed by atoms with van der Waals surface area (Å²) >= 11 is 0. The van der Waals surface area contributed by atoms with Crippen LogP contribution >= 0.6 is 0 Å². The fourth-order valence-corrected chi connectivity index (χ4v) is 2.31. The number of rotatable bonds is 2. The van der Waals surface area contributed by atoms with Gasteiger partial charge >= 0.3 is 0 Å². The lowest BCUT2D eigenvalue weighted by atomic mass is 9.94. The first kappa shape index (κ1) is 12.2. The highest BCUT2D eigenvalue weighted by Gasteiger charge is 2.16. The zero-order chi connectivity index (χ0) is 14.3. The van der Waals surface area contributed by atoms with Gasteiger partial charge in [0.2, 0.25) is 0 Å². The Hall–Kier alpha value is -2.81. The fourth-order valence-electron chi connectivity index (χ4n) is 2.31. The highest BCUT2D eigenvalue weighted by Crippen LogP contribution is 2.37. The molecule has 0 amide bonds. The van der Waals surface area contributed by atoms with Crippen molar-refractivity contribution in [3.05, 3.63) is 71.4 Å². The Balaban J connectivity index is 2.55. The Kier molecular flexibility index (Phi) is 2.68. The van der Waals surface area contributed by atoms with Gasteiger partial charge in [0.25, 0.3) is 0 Å². The van der Waals surface area contributed by atoms with Crippen molar-refractivity contribution in [2.45, 2.75) is 0 Å². The zero-order valence-corrected chi connectivity index (χ0v) is 10.7. The monoisotopic (exact) mass is 264 g/mol. The van der Waals surface area contributed by atoms with Crippen LogP contribution in [0.2, 0.25) is 0 Å². The Morgan fingerprint density at radius 1 is 1.20 bits per heavy atom. The largest absolute Gasteiger partial charge is 0.508 e. The van der Waals surface area contributed by atoms with Gasteiger partial charge in [-0.25, -0.2) is 0 Å². The summed E-state index contributed by atoms with van der Waals surface area (Å²) in [6.07, 6.45) is 1.66. The van der Waals surface area contributed by atoms with Gasteiger partial charge in [-0.15, -0.1) is 0 Å². The second kappa shape index (κ2) is 4.38. The molecule has 0 fully saturated rings. The summed E-state index contributed by atoms with van der Waals surface area (Å²) < 4.78 is 5.71. The van der Waals surface area contributed by atoms with Crippen molar-refractivity contribution in [3.8, 4) is 17.1 Å². The van der Waals surface area contributed by atoms with Crippen molar-refractivity contribution >= 4 is 16.5 Å². The quantitative estimate of drug-likeness (QED) is 0.565. The number of hydrogen-bond acceptors (Lipinski definition) is 3. The van der Waals surface area contributed by atoms with E-state index in [2.05, 4.69) is 13.2 Å². The average molecular weight is 264 g/mol. The molecule has 0 saturated heterocycles. The van der Waals surface area contributed by atoms with Crippen LogP contribution < -0.4 is 5.43 Å². The molecule has 1 aromatic rings. The van der Waals surface area contributed by atoms with E-state index in [0.29, 0.717) is 11.3 Å². The molecule has 0 saturated carbocycles. The Morgan fingerprint density at radius 2 is 2.00 bits per heavy atom. The third kappa shape index (κ3) is 1.80. The van der Waals surface area contributed by atoms with Gasteiger partial charge in [0.1, 0.15) is 17.1 Å².